The first-order chi connectivity index (χ1) is 13.2. The van der Waals surface area contributed by atoms with E-state index in [0.29, 0.717) is 11.9 Å². The van der Waals surface area contributed by atoms with Crippen molar-refractivity contribution < 1.29 is 18.6 Å². The number of aryl methyl sites for hydroxylation is 3. The maximum atomic E-state index is 13.3. The molecule has 0 unspecified atom stereocenters. The number of fused-ring (bicyclic) bond motifs is 5. The fraction of sp³-hybridized carbons (Fsp3) is 0.350. The molecule has 0 atom stereocenters. The summed E-state index contributed by atoms with van der Waals surface area (Å²) in [5, 5.41) is 12.1. The maximum Gasteiger partial charge on any atom is 0.431 e. The molecule has 0 saturated heterocycles. The molecule has 0 spiro atoms. The van der Waals surface area contributed by atoms with Crippen LogP contribution in [-0.4, -0.2) is 27.2 Å². The highest BCUT2D eigenvalue weighted by Crippen LogP contribution is 2.38. The smallest absolute Gasteiger partial charge is 0.394 e. The SMILES string of the molecule is Cc1c2c(ccc3nc(C(C=[NH2+])=C(N)C(F)(F)F)c4c(c32)CCCC4)nn1C. The lowest BCUT2D eigenvalue weighted by Gasteiger charge is -2.22. The number of halogens is 3. The highest BCUT2D eigenvalue weighted by atomic mass is 19.4. The summed E-state index contributed by atoms with van der Waals surface area (Å²) in [6.45, 7) is 1.98. The molecule has 0 amide bonds. The van der Waals surface area contributed by atoms with Gasteiger partial charge < -0.3 is 5.73 Å². The van der Waals surface area contributed by atoms with Crippen molar-refractivity contribution in [1.82, 2.24) is 14.8 Å². The number of nitrogens with two attached hydrogens (primary N) is 2. The normalized spacial score (nSPS) is 15.6. The highest BCUT2D eigenvalue weighted by molar-refractivity contribution is 6.12. The average Bonchev–Trinajstić information content (AvgIpc) is 2.95. The van der Waals surface area contributed by atoms with Crippen LogP contribution in [0.3, 0.4) is 0 Å². The number of aromatic nitrogens is 3. The van der Waals surface area contributed by atoms with Crippen molar-refractivity contribution in [2.75, 3.05) is 0 Å². The van der Waals surface area contributed by atoms with Crippen molar-refractivity contribution in [2.45, 2.75) is 38.8 Å². The quantitative estimate of drug-likeness (QED) is 0.662. The van der Waals surface area contributed by atoms with E-state index in [2.05, 4.69) is 10.1 Å². The van der Waals surface area contributed by atoms with Crippen molar-refractivity contribution >= 4 is 33.6 Å². The molecule has 8 heteroatoms. The molecular formula is C20H21F3N5+. The Labute approximate surface area is 159 Å². The molecule has 3 aromatic rings. The Morgan fingerprint density at radius 3 is 2.43 bits per heavy atom. The van der Waals surface area contributed by atoms with Crippen LogP contribution in [0.15, 0.2) is 17.8 Å². The first-order valence-electron chi connectivity index (χ1n) is 9.14. The summed E-state index contributed by atoms with van der Waals surface area (Å²) in [5.41, 5.74) is 8.51. The number of benzene rings is 1. The summed E-state index contributed by atoms with van der Waals surface area (Å²) >= 11 is 0. The minimum atomic E-state index is -4.67. The molecule has 1 aromatic carbocycles. The van der Waals surface area contributed by atoms with Crippen LogP contribution in [0.4, 0.5) is 13.2 Å². The van der Waals surface area contributed by atoms with E-state index in [-0.39, 0.29) is 11.3 Å². The molecule has 0 aliphatic heterocycles. The lowest BCUT2D eigenvalue weighted by atomic mass is 9.85. The van der Waals surface area contributed by atoms with Crippen molar-refractivity contribution in [1.29, 1.82) is 0 Å². The zero-order valence-electron chi connectivity index (χ0n) is 15.7. The summed E-state index contributed by atoms with van der Waals surface area (Å²) in [6, 6.07) is 3.65. The number of nitrogens with zero attached hydrogens (tertiary/aromatic N) is 3. The van der Waals surface area contributed by atoms with E-state index in [1.165, 1.54) is 0 Å². The third-order valence-corrected chi connectivity index (χ3v) is 5.57. The molecule has 0 fully saturated rings. The van der Waals surface area contributed by atoms with Crippen LogP contribution < -0.4 is 11.1 Å². The van der Waals surface area contributed by atoms with E-state index in [1.807, 2.05) is 24.7 Å². The van der Waals surface area contributed by atoms with Crippen LogP contribution in [0.25, 0.3) is 27.4 Å². The minimum absolute atomic E-state index is 0.236. The molecule has 28 heavy (non-hydrogen) atoms. The molecule has 0 bridgehead atoms. The van der Waals surface area contributed by atoms with Crippen molar-refractivity contribution in [3.05, 3.63) is 40.3 Å². The Balaban J connectivity index is 2.15. The van der Waals surface area contributed by atoms with Gasteiger partial charge in [0.15, 0.2) is 6.21 Å². The number of alkyl halides is 3. The van der Waals surface area contributed by atoms with Gasteiger partial charge in [0.25, 0.3) is 0 Å². The van der Waals surface area contributed by atoms with E-state index in [0.717, 1.165) is 58.6 Å². The Hall–Kier alpha value is -2.90. The Kier molecular flexibility index (Phi) is 4.17. The third-order valence-electron chi connectivity index (χ3n) is 5.57. The molecule has 5 nitrogen and oxygen atoms in total. The molecule has 0 saturated carbocycles. The predicted molar refractivity (Wildman–Crippen MR) is 103 cm³/mol. The lowest BCUT2D eigenvalue weighted by molar-refractivity contribution is -0.105. The largest absolute Gasteiger partial charge is 0.431 e. The number of allylic oxidation sites excluding steroid dienone is 2. The van der Waals surface area contributed by atoms with Gasteiger partial charge in [-0.2, -0.15) is 18.3 Å². The molecule has 146 valence electrons. The van der Waals surface area contributed by atoms with Crippen molar-refractivity contribution in [3.8, 4) is 0 Å². The van der Waals surface area contributed by atoms with Crippen molar-refractivity contribution in [2.24, 2.45) is 12.8 Å². The van der Waals surface area contributed by atoms with Crippen LogP contribution in [0.2, 0.25) is 0 Å². The summed E-state index contributed by atoms with van der Waals surface area (Å²) in [7, 11) is 1.88. The number of pyridine rings is 1. The Morgan fingerprint density at radius 1 is 1.14 bits per heavy atom. The van der Waals surface area contributed by atoms with Crippen LogP contribution in [-0.2, 0) is 19.9 Å². The monoisotopic (exact) mass is 388 g/mol. The highest BCUT2D eigenvalue weighted by Gasteiger charge is 2.36. The summed E-state index contributed by atoms with van der Waals surface area (Å²) in [5.74, 6) is 0. The second kappa shape index (κ2) is 6.32. The van der Waals surface area contributed by atoms with Gasteiger partial charge in [0.2, 0.25) is 0 Å². The van der Waals surface area contributed by atoms with Gasteiger partial charge in [-0.25, -0.2) is 4.98 Å². The summed E-state index contributed by atoms with van der Waals surface area (Å²) < 4.78 is 41.7. The van der Waals surface area contributed by atoms with Crippen LogP contribution in [0.5, 0.6) is 0 Å². The van der Waals surface area contributed by atoms with E-state index in [1.54, 1.807) is 6.07 Å². The van der Waals surface area contributed by atoms with Crippen LogP contribution >= 0.6 is 0 Å². The Bertz CT molecular complexity index is 1150. The standard InChI is InChI=1S/C20H20F3N5/c1-10-16-15(27-28(10)2)8-7-14-17(16)11-5-3-4-6-12(11)18(26-14)13(9-24)19(25)20(21,22)23/h7-9,24H,3-6,25H2,1-2H3/p+1. The first-order valence-corrected chi connectivity index (χ1v) is 9.14. The van der Waals surface area contributed by atoms with Gasteiger partial charge in [-0.05, 0) is 55.9 Å². The average molecular weight is 388 g/mol. The Morgan fingerprint density at radius 2 is 1.79 bits per heavy atom. The molecule has 4 N–H and O–H groups in total. The molecule has 2 heterocycles. The number of hydrogen-bond acceptors (Lipinski definition) is 3. The maximum absolute atomic E-state index is 13.3. The second-order valence-electron chi connectivity index (χ2n) is 7.18. The van der Waals surface area contributed by atoms with Crippen LogP contribution in [0.1, 0.15) is 35.4 Å². The van der Waals surface area contributed by atoms with Crippen molar-refractivity contribution in [3.63, 3.8) is 0 Å². The number of hydrogen-bond donors (Lipinski definition) is 2. The molecular weight excluding hydrogens is 367 g/mol. The lowest BCUT2D eigenvalue weighted by Crippen LogP contribution is -2.34. The zero-order valence-corrected chi connectivity index (χ0v) is 15.7. The van der Waals surface area contributed by atoms with Crippen LogP contribution in [0, 0.1) is 6.92 Å². The fourth-order valence-corrected chi connectivity index (χ4v) is 4.13. The topological polar surface area (TPSA) is 82.3 Å². The second-order valence-corrected chi connectivity index (χ2v) is 7.18. The minimum Gasteiger partial charge on any atom is -0.394 e. The number of rotatable bonds is 2. The van der Waals surface area contributed by atoms with Gasteiger partial charge in [0.1, 0.15) is 5.70 Å². The van der Waals surface area contributed by atoms with E-state index >= 15 is 0 Å². The predicted octanol–water partition coefficient (Wildman–Crippen LogP) is 2.37. The fourth-order valence-electron chi connectivity index (χ4n) is 4.13. The molecule has 1 aliphatic rings. The molecule has 1 aliphatic carbocycles. The summed E-state index contributed by atoms with van der Waals surface area (Å²) in [4.78, 5) is 4.61. The zero-order chi connectivity index (χ0) is 20.2. The molecule has 0 radical (unpaired) electrons. The van der Waals surface area contributed by atoms with Gasteiger partial charge in [0, 0.05) is 23.5 Å². The third kappa shape index (κ3) is 2.66. The van der Waals surface area contributed by atoms with E-state index in [4.69, 9.17) is 11.1 Å². The molecule has 2 aromatic heterocycles. The van der Waals surface area contributed by atoms with Gasteiger partial charge in [-0.3, -0.25) is 10.1 Å². The van der Waals surface area contributed by atoms with E-state index < -0.39 is 11.9 Å². The van der Waals surface area contributed by atoms with Gasteiger partial charge in [0.05, 0.1) is 22.3 Å². The molecule has 4 rings (SSSR count). The van der Waals surface area contributed by atoms with Gasteiger partial charge in [-0.1, -0.05) is 0 Å². The van der Waals surface area contributed by atoms with Gasteiger partial charge >= 0.3 is 6.18 Å². The first kappa shape index (κ1) is 18.5. The summed E-state index contributed by atoms with van der Waals surface area (Å²) in [6.07, 6.45) is -0.474. The van der Waals surface area contributed by atoms with Gasteiger partial charge in [-0.15, -0.1) is 0 Å². The van der Waals surface area contributed by atoms with E-state index in [9.17, 15) is 13.2 Å².